The minimum absolute atomic E-state index is 0.731. The molecule has 0 radical (unpaired) electrons. The predicted octanol–water partition coefficient (Wildman–Crippen LogP) is 3.91. The molecule has 0 N–H and O–H groups in total. The van der Waals surface area contributed by atoms with Crippen LogP contribution >= 0.6 is 23.4 Å². The van der Waals surface area contributed by atoms with Crippen LogP contribution in [-0.4, -0.2) is 16.0 Å². The molecule has 0 saturated heterocycles. The first kappa shape index (κ1) is 11.4. The Balaban J connectivity index is 2.24. The van der Waals surface area contributed by atoms with E-state index in [2.05, 4.69) is 17.1 Å². The molecular formula is C12H11ClN2S. The summed E-state index contributed by atoms with van der Waals surface area (Å²) in [4.78, 5) is 0. The summed E-state index contributed by atoms with van der Waals surface area (Å²) in [5.74, 6) is 1.01. The molecule has 0 aliphatic carbocycles. The van der Waals surface area contributed by atoms with E-state index < -0.39 is 0 Å². The van der Waals surface area contributed by atoms with Gasteiger partial charge in [-0.15, -0.1) is 22.0 Å². The zero-order valence-electron chi connectivity index (χ0n) is 8.85. The van der Waals surface area contributed by atoms with Crippen LogP contribution < -0.4 is 0 Å². The van der Waals surface area contributed by atoms with Crippen LogP contribution in [0.25, 0.3) is 11.3 Å². The van der Waals surface area contributed by atoms with Crippen LogP contribution in [0, 0.1) is 0 Å². The van der Waals surface area contributed by atoms with Gasteiger partial charge in [-0.2, -0.15) is 0 Å². The number of hydrogen-bond donors (Lipinski definition) is 0. The Hall–Kier alpha value is -1.06. The number of aromatic nitrogens is 2. The lowest BCUT2D eigenvalue weighted by Gasteiger charge is -2.01. The summed E-state index contributed by atoms with van der Waals surface area (Å²) in [6, 6.07) is 11.6. The van der Waals surface area contributed by atoms with Crippen LogP contribution in [0.3, 0.4) is 0 Å². The van der Waals surface area contributed by atoms with Crippen molar-refractivity contribution in [2.45, 2.75) is 11.9 Å². The second-order valence-corrected chi connectivity index (χ2v) is 4.92. The normalized spacial score (nSPS) is 10.4. The van der Waals surface area contributed by atoms with E-state index >= 15 is 0 Å². The Morgan fingerprint density at radius 3 is 2.38 bits per heavy atom. The molecule has 0 aliphatic rings. The van der Waals surface area contributed by atoms with E-state index in [1.807, 2.05) is 36.4 Å². The first-order valence-corrected chi connectivity index (χ1v) is 6.38. The zero-order chi connectivity index (χ0) is 11.4. The van der Waals surface area contributed by atoms with Gasteiger partial charge in [0.15, 0.2) is 0 Å². The lowest BCUT2D eigenvalue weighted by Crippen LogP contribution is -1.89. The highest BCUT2D eigenvalue weighted by Gasteiger charge is 2.00. The van der Waals surface area contributed by atoms with E-state index in [4.69, 9.17) is 11.6 Å². The smallest absolute Gasteiger partial charge is 0.119 e. The van der Waals surface area contributed by atoms with Gasteiger partial charge in [-0.3, -0.25) is 0 Å². The molecule has 0 aliphatic heterocycles. The van der Waals surface area contributed by atoms with Crippen LogP contribution in [0.2, 0.25) is 5.02 Å². The Morgan fingerprint density at radius 1 is 1.06 bits per heavy atom. The van der Waals surface area contributed by atoms with Crippen LogP contribution in [0.15, 0.2) is 41.4 Å². The molecule has 0 saturated carbocycles. The molecule has 0 amide bonds. The topological polar surface area (TPSA) is 25.8 Å². The lowest BCUT2D eigenvalue weighted by molar-refractivity contribution is 0.936. The highest BCUT2D eigenvalue weighted by molar-refractivity contribution is 7.99. The van der Waals surface area contributed by atoms with Gasteiger partial charge >= 0.3 is 0 Å². The fourth-order valence-electron chi connectivity index (χ4n) is 1.32. The lowest BCUT2D eigenvalue weighted by atomic mass is 10.1. The minimum Gasteiger partial charge on any atom is -0.149 e. The van der Waals surface area contributed by atoms with Gasteiger partial charge in [-0.25, -0.2) is 0 Å². The molecule has 1 aromatic carbocycles. The summed E-state index contributed by atoms with van der Waals surface area (Å²) in [5, 5.41) is 10.0. The third kappa shape index (κ3) is 2.74. The quantitative estimate of drug-likeness (QED) is 0.773. The van der Waals surface area contributed by atoms with Crippen LogP contribution in [0.4, 0.5) is 0 Å². The Labute approximate surface area is 104 Å². The van der Waals surface area contributed by atoms with Gasteiger partial charge in [0.05, 0.1) is 5.69 Å². The van der Waals surface area contributed by atoms with Gasteiger partial charge in [-0.1, -0.05) is 30.7 Å². The fraction of sp³-hybridized carbons (Fsp3) is 0.167. The third-order valence-electron chi connectivity index (χ3n) is 2.07. The maximum Gasteiger partial charge on any atom is 0.119 e. The standard InChI is InChI=1S/C12H11ClN2S/c1-2-16-12-8-7-11(14-15-12)9-3-5-10(13)6-4-9/h3-8H,2H2,1H3. The predicted molar refractivity (Wildman–Crippen MR) is 68.9 cm³/mol. The number of thioether (sulfide) groups is 1. The Bertz CT molecular complexity index is 453. The maximum atomic E-state index is 5.83. The van der Waals surface area contributed by atoms with Crippen molar-refractivity contribution in [2.75, 3.05) is 5.75 Å². The average Bonchev–Trinajstić information content (AvgIpc) is 2.32. The van der Waals surface area contributed by atoms with E-state index in [-0.39, 0.29) is 0 Å². The van der Waals surface area contributed by atoms with Crippen molar-refractivity contribution >= 4 is 23.4 Å². The van der Waals surface area contributed by atoms with Gasteiger partial charge < -0.3 is 0 Å². The second-order valence-electron chi connectivity index (χ2n) is 3.20. The molecule has 0 fully saturated rings. The average molecular weight is 251 g/mol. The molecule has 0 spiro atoms. The van der Waals surface area contributed by atoms with E-state index in [1.54, 1.807) is 11.8 Å². The number of rotatable bonds is 3. The van der Waals surface area contributed by atoms with Crippen molar-refractivity contribution in [2.24, 2.45) is 0 Å². The molecule has 0 atom stereocenters. The van der Waals surface area contributed by atoms with E-state index in [0.29, 0.717) is 0 Å². The molecule has 1 aromatic heterocycles. The third-order valence-corrected chi connectivity index (χ3v) is 3.13. The van der Waals surface area contributed by atoms with Crippen molar-refractivity contribution in [3.05, 3.63) is 41.4 Å². The van der Waals surface area contributed by atoms with Gasteiger partial charge in [0.25, 0.3) is 0 Å². The van der Waals surface area contributed by atoms with Crippen LogP contribution in [-0.2, 0) is 0 Å². The molecule has 82 valence electrons. The largest absolute Gasteiger partial charge is 0.149 e. The summed E-state index contributed by atoms with van der Waals surface area (Å²) in [7, 11) is 0. The number of hydrogen-bond acceptors (Lipinski definition) is 3. The van der Waals surface area contributed by atoms with E-state index in [1.165, 1.54) is 0 Å². The summed E-state index contributed by atoms with van der Waals surface area (Å²) in [5.41, 5.74) is 1.90. The maximum absolute atomic E-state index is 5.83. The van der Waals surface area contributed by atoms with E-state index in [9.17, 15) is 0 Å². The molecule has 16 heavy (non-hydrogen) atoms. The Kier molecular flexibility index (Phi) is 3.80. The molecule has 2 aromatic rings. The van der Waals surface area contributed by atoms with Crippen molar-refractivity contribution < 1.29 is 0 Å². The first-order valence-electron chi connectivity index (χ1n) is 5.02. The molecule has 2 nitrogen and oxygen atoms in total. The number of benzene rings is 1. The zero-order valence-corrected chi connectivity index (χ0v) is 10.4. The first-order chi connectivity index (χ1) is 7.79. The van der Waals surface area contributed by atoms with Crippen molar-refractivity contribution in [1.82, 2.24) is 10.2 Å². The van der Waals surface area contributed by atoms with Gasteiger partial charge in [0.2, 0.25) is 0 Å². The van der Waals surface area contributed by atoms with Crippen LogP contribution in [0.5, 0.6) is 0 Å². The summed E-state index contributed by atoms with van der Waals surface area (Å²) in [6.45, 7) is 2.10. The monoisotopic (exact) mass is 250 g/mol. The number of nitrogens with zero attached hydrogens (tertiary/aromatic N) is 2. The molecule has 0 bridgehead atoms. The minimum atomic E-state index is 0.731. The van der Waals surface area contributed by atoms with Crippen LogP contribution in [0.1, 0.15) is 6.92 Å². The van der Waals surface area contributed by atoms with Gasteiger partial charge in [0, 0.05) is 10.6 Å². The molecular weight excluding hydrogens is 240 g/mol. The summed E-state index contributed by atoms with van der Waals surface area (Å²) >= 11 is 7.51. The fourth-order valence-corrected chi connectivity index (χ4v) is 2.00. The SMILES string of the molecule is CCSc1ccc(-c2ccc(Cl)cc2)nn1. The molecule has 2 rings (SSSR count). The summed E-state index contributed by atoms with van der Waals surface area (Å²) < 4.78 is 0. The highest BCUT2D eigenvalue weighted by Crippen LogP contribution is 2.21. The van der Waals surface area contributed by atoms with Gasteiger partial charge in [0.1, 0.15) is 5.03 Å². The van der Waals surface area contributed by atoms with E-state index in [0.717, 1.165) is 27.1 Å². The summed E-state index contributed by atoms with van der Waals surface area (Å²) in [6.07, 6.45) is 0. The van der Waals surface area contributed by atoms with Crippen molar-refractivity contribution in [3.8, 4) is 11.3 Å². The van der Waals surface area contributed by atoms with Gasteiger partial charge in [-0.05, 0) is 30.0 Å². The molecule has 1 heterocycles. The Morgan fingerprint density at radius 2 is 1.81 bits per heavy atom. The van der Waals surface area contributed by atoms with Crippen molar-refractivity contribution in [3.63, 3.8) is 0 Å². The molecule has 0 unspecified atom stereocenters. The number of halogens is 1. The van der Waals surface area contributed by atoms with Crippen molar-refractivity contribution in [1.29, 1.82) is 0 Å². The molecule has 4 heteroatoms. The highest BCUT2D eigenvalue weighted by atomic mass is 35.5. The second kappa shape index (κ2) is 5.32.